The van der Waals surface area contributed by atoms with Crippen molar-refractivity contribution in [3.05, 3.63) is 12.2 Å². The van der Waals surface area contributed by atoms with E-state index in [9.17, 15) is 4.79 Å². The van der Waals surface area contributed by atoms with Crippen molar-refractivity contribution in [1.82, 2.24) is 25.4 Å². The minimum absolute atomic E-state index is 0.0283. The van der Waals surface area contributed by atoms with Gasteiger partial charge < -0.3 is 10.2 Å². The summed E-state index contributed by atoms with van der Waals surface area (Å²) < 4.78 is 0. The van der Waals surface area contributed by atoms with E-state index in [1.165, 1.54) is 6.33 Å². The molecule has 3 atom stereocenters. The van der Waals surface area contributed by atoms with E-state index in [0.29, 0.717) is 17.7 Å². The lowest BCUT2D eigenvalue weighted by Crippen LogP contribution is -2.38. The summed E-state index contributed by atoms with van der Waals surface area (Å²) in [6.07, 6.45) is 1.37. The zero-order valence-electron chi connectivity index (χ0n) is 9.18. The van der Waals surface area contributed by atoms with Crippen molar-refractivity contribution in [2.75, 3.05) is 19.6 Å². The minimum atomic E-state index is -0.0283. The molecule has 2 aliphatic heterocycles. The van der Waals surface area contributed by atoms with Crippen molar-refractivity contribution in [3.63, 3.8) is 0 Å². The first-order chi connectivity index (χ1) is 7.77. The molecule has 1 amide bonds. The number of nitrogens with one attached hydrogen (secondary N) is 2. The van der Waals surface area contributed by atoms with Crippen LogP contribution in [0.3, 0.4) is 0 Å². The van der Waals surface area contributed by atoms with Crippen LogP contribution in [0.5, 0.6) is 0 Å². The van der Waals surface area contributed by atoms with Gasteiger partial charge in [-0.25, -0.2) is 4.98 Å². The number of carbonyl (C=O) groups is 1. The van der Waals surface area contributed by atoms with Crippen molar-refractivity contribution in [3.8, 4) is 0 Å². The molecule has 0 aromatic carbocycles. The number of nitrogens with zero attached hydrogens (tertiary/aromatic N) is 3. The summed E-state index contributed by atoms with van der Waals surface area (Å²) in [6.45, 7) is 4.99. The molecular formula is C10H15N5O. The predicted octanol–water partition coefficient (Wildman–Crippen LogP) is -0.515. The average Bonchev–Trinajstić information content (AvgIpc) is 2.95. The van der Waals surface area contributed by atoms with Gasteiger partial charge in [-0.05, 0) is 18.8 Å². The maximum atomic E-state index is 12.1. The van der Waals surface area contributed by atoms with Gasteiger partial charge in [0.2, 0.25) is 5.82 Å². The largest absolute Gasteiger partial charge is 0.333 e. The zero-order valence-corrected chi connectivity index (χ0v) is 9.18. The number of likely N-dealkylation sites (tertiary alicyclic amines) is 1. The topological polar surface area (TPSA) is 73.9 Å². The van der Waals surface area contributed by atoms with Gasteiger partial charge in [0, 0.05) is 25.7 Å². The molecule has 6 heteroatoms. The number of H-pyrrole nitrogens is 1. The highest BCUT2D eigenvalue weighted by Crippen LogP contribution is 2.32. The number of hydrogen-bond acceptors (Lipinski definition) is 4. The summed E-state index contributed by atoms with van der Waals surface area (Å²) in [5.41, 5.74) is 0. The van der Waals surface area contributed by atoms with Gasteiger partial charge in [0.1, 0.15) is 6.33 Å². The van der Waals surface area contributed by atoms with Crippen molar-refractivity contribution in [1.29, 1.82) is 0 Å². The molecule has 2 fully saturated rings. The Morgan fingerprint density at radius 2 is 2.44 bits per heavy atom. The quantitative estimate of drug-likeness (QED) is 0.669. The number of rotatable bonds is 1. The molecule has 1 aromatic rings. The van der Waals surface area contributed by atoms with E-state index in [4.69, 9.17) is 0 Å². The Morgan fingerprint density at radius 3 is 3.12 bits per heavy atom. The second-order valence-corrected chi connectivity index (χ2v) is 4.61. The van der Waals surface area contributed by atoms with Gasteiger partial charge in [-0.2, -0.15) is 5.10 Å². The molecule has 0 bridgehead atoms. The van der Waals surface area contributed by atoms with Crippen LogP contribution in [0.1, 0.15) is 17.5 Å². The molecular weight excluding hydrogens is 206 g/mol. The summed E-state index contributed by atoms with van der Waals surface area (Å²) in [6, 6.07) is 0.289. The molecule has 86 valence electrons. The smallest absolute Gasteiger partial charge is 0.291 e. The maximum Gasteiger partial charge on any atom is 0.291 e. The summed E-state index contributed by atoms with van der Waals surface area (Å²) >= 11 is 0. The van der Waals surface area contributed by atoms with Crippen LogP contribution in [-0.2, 0) is 0 Å². The van der Waals surface area contributed by atoms with Crippen molar-refractivity contribution < 1.29 is 4.79 Å². The molecule has 2 N–H and O–H groups in total. The Morgan fingerprint density at radius 1 is 1.56 bits per heavy atom. The van der Waals surface area contributed by atoms with Gasteiger partial charge >= 0.3 is 0 Å². The third-order valence-corrected chi connectivity index (χ3v) is 3.81. The third-order valence-electron chi connectivity index (χ3n) is 3.81. The molecule has 3 rings (SSSR count). The van der Waals surface area contributed by atoms with E-state index in [1.807, 2.05) is 4.90 Å². The minimum Gasteiger partial charge on any atom is -0.333 e. The molecule has 0 radical (unpaired) electrons. The summed E-state index contributed by atoms with van der Waals surface area (Å²) in [7, 11) is 0. The van der Waals surface area contributed by atoms with Gasteiger partial charge in [0.15, 0.2) is 0 Å². The summed E-state index contributed by atoms with van der Waals surface area (Å²) in [5.74, 6) is 1.51. The van der Waals surface area contributed by atoms with Crippen LogP contribution >= 0.6 is 0 Å². The van der Waals surface area contributed by atoms with Crippen molar-refractivity contribution >= 4 is 5.91 Å². The number of carbonyl (C=O) groups excluding carboxylic acids is 1. The third kappa shape index (κ3) is 1.33. The van der Waals surface area contributed by atoms with Crippen LogP contribution in [0.15, 0.2) is 6.33 Å². The number of fused-ring (bicyclic) bond motifs is 1. The van der Waals surface area contributed by atoms with Gasteiger partial charge in [-0.15, -0.1) is 0 Å². The Labute approximate surface area is 93.4 Å². The normalized spacial score (nSPS) is 33.1. The van der Waals surface area contributed by atoms with E-state index in [1.54, 1.807) is 0 Å². The van der Waals surface area contributed by atoms with Crippen LogP contribution < -0.4 is 5.32 Å². The highest BCUT2D eigenvalue weighted by molar-refractivity contribution is 5.90. The van der Waals surface area contributed by atoms with Crippen LogP contribution in [0.4, 0.5) is 0 Å². The molecule has 3 heterocycles. The molecule has 3 unspecified atom stereocenters. The highest BCUT2D eigenvalue weighted by atomic mass is 16.2. The SMILES string of the molecule is CC1C2CNCC2CN1C(=O)c1ncn[nH]1. The Hall–Kier alpha value is -1.43. The first kappa shape index (κ1) is 9.77. The molecule has 0 spiro atoms. The zero-order chi connectivity index (χ0) is 11.1. The molecule has 2 aliphatic rings. The molecule has 6 nitrogen and oxygen atoms in total. The van der Waals surface area contributed by atoms with E-state index in [2.05, 4.69) is 27.4 Å². The first-order valence-corrected chi connectivity index (χ1v) is 5.64. The van der Waals surface area contributed by atoms with E-state index in [0.717, 1.165) is 19.6 Å². The lowest BCUT2D eigenvalue weighted by atomic mass is 9.95. The van der Waals surface area contributed by atoms with Gasteiger partial charge in [-0.3, -0.25) is 9.89 Å². The van der Waals surface area contributed by atoms with E-state index >= 15 is 0 Å². The monoisotopic (exact) mass is 221 g/mol. The van der Waals surface area contributed by atoms with Gasteiger partial charge in [0.25, 0.3) is 5.91 Å². The summed E-state index contributed by atoms with van der Waals surface area (Å²) in [4.78, 5) is 18.0. The lowest BCUT2D eigenvalue weighted by molar-refractivity contribution is 0.0716. The number of hydrogen-bond donors (Lipinski definition) is 2. The second-order valence-electron chi connectivity index (χ2n) is 4.61. The van der Waals surface area contributed by atoms with Crippen LogP contribution in [0.2, 0.25) is 0 Å². The Bertz CT molecular complexity index is 390. The van der Waals surface area contributed by atoms with Crippen LogP contribution in [0.25, 0.3) is 0 Å². The standard InChI is InChI=1S/C10H15N5O/c1-6-8-3-11-2-7(8)4-15(6)10(16)9-12-5-13-14-9/h5-8,11H,2-4H2,1H3,(H,12,13,14). The maximum absolute atomic E-state index is 12.1. The molecule has 1 aromatic heterocycles. The van der Waals surface area contributed by atoms with E-state index in [-0.39, 0.29) is 11.9 Å². The Balaban J connectivity index is 1.79. The molecule has 16 heavy (non-hydrogen) atoms. The number of amides is 1. The molecule has 0 saturated carbocycles. The predicted molar refractivity (Wildman–Crippen MR) is 56.7 cm³/mol. The second kappa shape index (κ2) is 3.55. The lowest BCUT2D eigenvalue weighted by Gasteiger charge is -2.23. The number of aromatic amines is 1. The molecule has 0 aliphatic carbocycles. The van der Waals surface area contributed by atoms with Crippen molar-refractivity contribution in [2.45, 2.75) is 13.0 Å². The highest BCUT2D eigenvalue weighted by Gasteiger charge is 2.44. The fourth-order valence-corrected chi connectivity index (χ4v) is 2.88. The van der Waals surface area contributed by atoms with Gasteiger partial charge in [0.05, 0.1) is 0 Å². The average molecular weight is 221 g/mol. The first-order valence-electron chi connectivity index (χ1n) is 5.64. The molecule has 2 saturated heterocycles. The number of aromatic nitrogens is 3. The van der Waals surface area contributed by atoms with Crippen LogP contribution in [-0.4, -0.2) is 51.7 Å². The fraction of sp³-hybridized carbons (Fsp3) is 0.700. The van der Waals surface area contributed by atoms with E-state index < -0.39 is 0 Å². The van der Waals surface area contributed by atoms with Gasteiger partial charge in [-0.1, -0.05) is 0 Å². The Kier molecular flexibility index (Phi) is 2.17. The summed E-state index contributed by atoms with van der Waals surface area (Å²) in [5, 5.41) is 9.72. The van der Waals surface area contributed by atoms with Crippen molar-refractivity contribution in [2.24, 2.45) is 11.8 Å². The van der Waals surface area contributed by atoms with Crippen LogP contribution in [0, 0.1) is 11.8 Å². The fourth-order valence-electron chi connectivity index (χ4n) is 2.88.